The Kier molecular flexibility index (Phi) is 12.0. The summed E-state index contributed by atoms with van der Waals surface area (Å²) in [7, 11) is -4.29. The van der Waals surface area contributed by atoms with Crippen LogP contribution in [0.5, 0.6) is 0 Å². The molecule has 244 valence electrons. The lowest BCUT2D eigenvalue weighted by molar-refractivity contribution is -0.118. The van der Waals surface area contributed by atoms with Crippen LogP contribution in [0.1, 0.15) is 36.3 Å². The molecule has 0 bridgehead atoms. The van der Waals surface area contributed by atoms with E-state index in [1.54, 1.807) is 34.4 Å². The molecule has 0 fully saturated rings. The van der Waals surface area contributed by atoms with Crippen LogP contribution in [-0.4, -0.2) is 44.1 Å². The molecule has 4 rings (SSSR count). The Balaban J connectivity index is 1.27. The van der Waals surface area contributed by atoms with Gasteiger partial charge in [-0.15, -0.1) is 11.3 Å². The number of hydrogen-bond donors (Lipinski definition) is 4. The van der Waals surface area contributed by atoms with Crippen LogP contribution < -0.4 is 25.9 Å². The SMILES string of the molecule is Cc1oc(=O)oc1COC(=O)NS(=O)(=O)NCCCC[C@H](NC(=O)OCc1ccccc1)C(=O)Nc1nc(-c2ccccc2)cs1. The molecule has 0 unspecified atom stereocenters. The second-order valence-corrected chi connectivity index (χ2v) is 12.0. The average Bonchev–Trinajstić information content (AvgIpc) is 3.63. The third-order valence-corrected chi connectivity index (χ3v) is 8.00. The Morgan fingerprint density at radius 2 is 1.63 bits per heavy atom. The van der Waals surface area contributed by atoms with Gasteiger partial charge in [-0.3, -0.25) is 4.79 Å². The first kappa shape index (κ1) is 33.9. The standard InChI is InChI=1S/C29H31N5O10S2/c1-19-24(44-29(38)43-19)17-42-28(37)34-46(39,40)30-15-9-8-14-22(32-27(36)41-16-20-10-4-2-5-11-20)25(35)33-26-31-23(18-45-26)21-12-6-3-7-13-21/h2-7,10-13,18,22,30H,8-9,14-17H2,1H3,(H,32,36)(H,34,37)(H,31,33,35)/t22-/m0/s1. The van der Waals surface area contributed by atoms with Crippen LogP contribution in [0.2, 0.25) is 0 Å². The molecule has 0 spiro atoms. The number of carbonyl (C=O) groups is 3. The number of carbonyl (C=O) groups excluding carboxylic acids is 3. The van der Waals surface area contributed by atoms with Crippen molar-refractivity contribution in [3.8, 4) is 11.3 Å². The number of anilines is 1. The van der Waals surface area contributed by atoms with Gasteiger partial charge in [0.15, 0.2) is 23.3 Å². The summed E-state index contributed by atoms with van der Waals surface area (Å²) in [5.74, 6) is -1.48. The van der Waals surface area contributed by atoms with Crippen molar-refractivity contribution in [3.05, 3.63) is 93.7 Å². The van der Waals surface area contributed by atoms with Gasteiger partial charge < -0.3 is 28.9 Å². The minimum Gasteiger partial charge on any atom is -0.445 e. The average molecular weight is 674 g/mol. The first-order valence-corrected chi connectivity index (χ1v) is 16.3. The molecule has 15 nitrogen and oxygen atoms in total. The molecule has 4 aromatic rings. The Morgan fingerprint density at radius 1 is 0.935 bits per heavy atom. The fraction of sp³-hybridized carbons (Fsp3) is 0.276. The highest BCUT2D eigenvalue weighted by atomic mass is 32.2. The number of amides is 3. The van der Waals surface area contributed by atoms with Crippen molar-refractivity contribution in [2.45, 2.75) is 45.4 Å². The molecule has 0 saturated heterocycles. The van der Waals surface area contributed by atoms with Crippen LogP contribution >= 0.6 is 11.3 Å². The molecule has 0 aliphatic carbocycles. The maximum absolute atomic E-state index is 13.2. The number of hydrogen-bond acceptors (Lipinski definition) is 12. The monoisotopic (exact) mass is 673 g/mol. The number of thiazole rings is 1. The smallest absolute Gasteiger partial charge is 0.445 e. The molecule has 0 radical (unpaired) electrons. The first-order valence-electron chi connectivity index (χ1n) is 13.9. The van der Waals surface area contributed by atoms with Gasteiger partial charge in [-0.1, -0.05) is 60.7 Å². The van der Waals surface area contributed by atoms with Crippen LogP contribution in [-0.2, 0) is 37.7 Å². The van der Waals surface area contributed by atoms with Gasteiger partial charge in [0.05, 0.1) is 5.69 Å². The van der Waals surface area contributed by atoms with E-state index in [0.717, 1.165) is 11.1 Å². The summed E-state index contributed by atoms with van der Waals surface area (Å²) < 4.78 is 47.6. The molecule has 0 aliphatic rings. The topological polar surface area (TPSA) is 208 Å². The molecule has 0 saturated carbocycles. The molecular weight excluding hydrogens is 642 g/mol. The molecule has 46 heavy (non-hydrogen) atoms. The summed E-state index contributed by atoms with van der Waals surface area (Å²) in [6.45, 7) is 0.801. The summed E-state index contributed by atoms with van der Waals surface area (Å²) in [5.41, 5.74) is 2.33. The largest absolute Gasteiger partial charge is 0.519 e. The summed E-state index contributed by atoms with van der Waals surface area (Å²) in [6.07, 6.45) is -1.43. The van der Waals surface area contributed by atoms with E-state index in [2.05, 4.69) is 29.2 Å². The van der Waals surface area contributed by atoms with Gasteiger partial charge in [-0.25, -0.2) is 24.1 Å². The highest BCUT2D eigenvalue weighted by molar-refractivity contribution is 7.88. The molecule has 2 aromatic heterocycles. The number of aromatic nitrogens is 1. The number of nitrogens with zero attached hydrogens (tertiary/aromatic N) is 1. The normalized spacial score (nSPS) is 11.8. The van der Waals surface area contributed by atoms with E-state index in [0.29, 0.717) is 17.2 Å². The van der Waals surface area contributed by atoms with Crippen LogP contribution in [0, 0.1) is 6.92 Å². The van der Waals surface area contributed by atoms with Crippen molar-refractivity contribution in [1.82, 2.24) is 19.7 Å². The number of alkyl carbamates (subject to hydrolysis) is 1. The highest BCUT2D eigenvalue weighted by Crippen LogP contribution is 2.25. The van der Waals surface area contributed by atoms with Gasteiger partial charge in [-0.05, 0) is 31.7 Å². The van der Waals surface area contributed by atoms with Gasteiger partial charge in [0.25, 0.3) is 0 Å². The molecule has 1 atom stereocenters. The Morgan fingerprint density at radius 3 is 2.33 bits per heavy atom. The molecule has 2 heterocycles. The van der Waals surface area contributed by atoms with Gasteiger partial charge in [0.1, 0.15) is 12.6 Å². The molecule has 0 aliphatic heterocycles. The van der Waals surface area contributed by atoms with Crippen molar-refractivity contribution in [2.24, 2.45) is 0 Å². The van der Waals surface area contributed by atoms with E-state index in [9.17, 15) is 27.6 Å². The zero-order valence-electron chi connectivity index (χ0n) is 24.5. The third kappa shape index (κ3) is 10.9. The Bertz CT molecular complexity index is 1770. The maximum Gasteiger partial charge on any atom is 0.519 e. The lowest BCUT2D eigenvalue weighted by Crippen LogP contribution is -2.44. The van der Waals surface area contributed by atoms with E-state index < -0.39 is 46.8 Å². The van der Waals surface area contributed by atoms with E-state index >= 15 is 0 Å². The highest BCUT2D eigenvalue weighted by Gasteiger charge is 2.23. The van der Waals surface area contributed by atoms with Gasteiger partial charge >= 0.3 is 28.2 Å². The third-order valence-electron chi connectivity index (χ3n) is 6.22. The van der Waals surface area contributed by atoms with Crippen molar-refractivity contribution in [2.75, 3.05) is 11.9 Å². The van der Waals surface area contributed by atoms with Crippen LogP contribution in [0.25, 0.3) is 11.3 Å². The van der Waals surface area contributed by atoms with Gasteiger partial charge in [0.2, 0.25) is 5.91 Å². The predicted molar refractivity (Wildman–Crippen MR) is 166 cm³/mol. The lowest BCUT2D eigenvalue weighted by Gasteiger charge is -2.18. The van der Waals surface area contributed by atoms with E-state index in [1.807, 2.05) is 36.4 Å². The second-order valence-electron chi connectivity index (χ2n) is 9.66. The lowest BCUT2D eigenvalue weighted by atomic mass is 10.1. The zero-order valence-corrected chi connectivity index (χ0v) is 26.2. The van der Waals surface area contributed by atoms with Gasteiger partial charge in [0, 0.05) is 17.5 Å². The van der Waals surface area contributed by atoms with Crippen molar-refractivity contribution in [3.63, 3.8) is 0 Å². The van der Waals surface area contributed by atoms with Crippen LogP contribution in [0.3, 0.4) is 0 Å². The number of aryl methyl sites for hydroxylation is 1. The zero-order chi connectivity index (χ0) is 32.9. The van der Waals surface area contributed by atoms with E-state index in [-0.39, 0.29) is 37.5 Å². The quantitative estimate of drug-likeness (QED) is 0.133. The molecule has 3 amide bonds. The fourth-order valence-corrected chi connectivity index (χ4v) is 5.42. The number of ether oxygens (including phenoxy) is 2. The predicted octanol–water partition coefficient (Wildman–Crippen LogP) is 3.83. The Labute approximate surface area is 267 Å². The first-order chi connectivity index (χ1) is 22.1. The van der Waals surface area contributed by atoms with E-state index in [4.69, 9.17) is 9.47 Å². The minimum absolute atomic E-state index is 0.00127. The van der Waals surface area contributed by atoms with Crippen molar-refractivity contribution in [1.29, 1.82) is 0 Å². The summed E-state index contributed by atoms with van der Waals surface area (Å²) in [5, 5.41) is 7.43. The maximum atomic E-state index is 13.2. The number of nitrogens with one attached hydrogen (secondary N) is 4. The fourth-order valence-electron chi connectivity index (χ4n) is 3.93. The second kappa shape index (κ2) is 16.4. The molecule has 2 aromatic carbocycles. The summed E-state index contributed by atoms with van der Waals surface area (Å²) >= 11 is 1.23. The minimum atomic E-state index is -4.29. The number of benzene rings is 2. The number of unbranched alkanes of at least 4 members (excludes halogenated alkanes) is 1. The summed E-state index contributed by atoms with van der Waals surface area (Å²) in [6, 6.07) is 17.4. The van der Waals surface area contributed by atoms with Crippen LogP contribution in [0.15, 0.2) is 79.7 Å². The summed E-state index contributed by atoms with van der Waals surface area (Å²) in [4.78, 5) is 53.1. The van der Waals surface area contributed by atoms with Crippen molar-refractivity contribution < 1.29 is 41.1 Å². The van der Waals surface area contributed by atoms with Crippen LogP contribution in [0.4, 0.5) is 14.7 Å². The van der Waals surface area contributed by atoms with E-state index in [1.165, 1.54) is 18.3 Å². The van der Waals surface area contributed by atoms with Crippen molar-refractivity contribution >= 4 is 44.8 Å². The number of rotatable bonds is 15. The molecule has 17 heteroatoms. The molecule has 4 N–H and O–H groups in total. The Hall–Kier alpha value is -5.00. The van der Waals surface area contributed by atoms with Gasteiger partial charge in [-0.2, -0.15) is 13.1 Å². The molecular formula is C29H31N5O10S2.